The number of carbonyl (C=O) groups excluding carboxylic acids is 1. The minimum atomic E-state index is -0.327. The van der Waals surface area contributed by atoms with Gasteiger partial charge in [0.2, 0.25) is 6.41 Å². The minimum absolute atomic E-state index is 0.0412. The highest BCUT2D eigenvalue weighted by atomic mass is 16.3. The van der Waals surface area contributed by atoms with Gasteiger partial charge in [-0.25, -0.2) is 0 Å². The highest BCUT2D eigenvalue weighted by Gasteiger charge is 2.40. The van der Waals surface area contributed by atoms with E-state index in [1.165, 1.54) is 5.56 Å². The normalized spacial score (nSPS) is 27.2. The van der Waals surface area contributed by atoms with Crippen LogP contribution in [-0.2, 0) is 17.6 Å². The molecule has 0 saturated carbocycles. The lowest BCUT2D eigenvalue weighted by Gasteiger charge is -2.46. The number of nitrogens with one attached hydrogen (secondary N) is 1. The van der Waals surface area contributed by atoms with E-state index < -0.39 is 0 Å². The summed E-state index contributed by atoms with van der Waals surface area (Å²) in [7, 11) is 0. The summed E-state index contributed by atoms with van der Waals surface area (Å²) in [6.45, 7) is 6.56. The number of benzene rings is 1. The maximum Gasteiger partial charge on any atom is 0.207 e. The first kappa shape index (κ1) is 17.7. The highest BCUT2D eigenvalue weighted by Crippen LogP contribution is 2.32. The Kier molecular flexibility index (Phi) is 5.91. The molecule has 3 aliphatic heterocycles. The molecule has 3 heterocycles. The first-order valence-corrected chi connectivity index (χ1v) is 9.06. The molecule has 0 radical (unpaired) electrons. The molecule has 1 aromatic rings. The molecule has 1 aromatic carbocycles. The van der Waals surface area contributed by atoms with Crippen molar-refractivity contribution in [3.8, 4) is 11.8 Å². The quantitative estimate of drug-likeness (QED) is 0.358. The molecule has 3 fully saturated rings. The molecule has 4 heteroatoms. The molecule has 132 valence electrons. The standard InChI is InChI=1S/C21H26N2O2/c1-2-3-19-14-16(8-11-22-15-24)4-5-17(19)6-7-20-21(25)18-9-12-23(20)13-10-18/h2,4-5,14-15,18,20-21,25H,1,3,8-13H2,(H,22,24). The Morgan fingerprint density at radius 1 is 1.36 bits per heavy atom. The van der Waals surface area contributed by atoms with Gasteiger partial charge in [-0.05, 0) is 61.9 Å². The third-order valence-electron chi connectivity index (χ3n) is 5.30. The van der Waals surface area contributed by atoms with Crippen LogP contribution >= 0.6 is 0 Å². The van der Waals surface area contributed by atoms with Gasteiger partial charge < -0.3 is 10.4 Å². The summed E-state index contributed by atoms with van der Waals surface area (Å²) in [5, 5.41) is 13.2. The summed E-state index contributed by atoms with van der Waals surface area (Å²) < 4.78 is 0. The van der Waals surface area contributed by atoms with Crippen molar-refractivity contribution in [2.75, 3.05) is 19.6 Å². The minimum Gasteiger partial charge on any atom is -0.390 e. The summed E-state index contributed by atoms with van der Waals surface area (Å²) in [5.74, 6) is 7.04. The number of aliphatic hydroxyl groups is 1. The maximum absolute atomic E-state index is 10.5. The van der Waals surface area contributed by atoms with Crippen molar-refractivity contribution in [3.05, 3.63) is 47.5 Å². The predicted octanol–water partition coefficient (Wildman–Crippen LogP) is 1.51. The monoisotopic (exact) mass is 338 g/mol. The number of nitrogens with zero attached hydrogens (tertiary/aromatic N) is 1. The molecular weight excluding hydrogens is 312 g/mol. The van der Waals surface area contributed by atoms with Gasteiger partial charge in [-0.2, -0.15) is 0 Å². The van der Waals surface area contributed by atoms with E-state index in [2.05, 4.69) is 40.8 Å². The second-order valence-electron chi connectivity index (χ2n) is 6.88. The fraction of sp³-hybridized carbons (Fsp3) is 0.476. The van der Waals surface area contributed by atoms with Crippen molar-refractivity contribution in [2.45, 2.75) is 37.8 Å². The number of carbonyl (C=O) groups is 1. The number of hydrogen-bond acceptors (Lipinski definition) is 3. The van der Waals surface area contributed by atoms with Crippen LogP contribution in [-0.4, -0.2) is 48.2 Å². The summed E-state index contributed by atoms with van der Waals surface area (Å²) >= 11 is 0. The van der Waals surface area contributed by atoms with Crippen LogP contribution in [0, 0.1) is 17.8 Å². The number of allylic oxidation sites excluding steroid dienone is 1. The molecule has 2 bridgehead atoms. The van der Waals surface area contributed by atoms with E-state index in [1.54, 1.807) is 0 Å². The summed E-state index contributed by atoms with van der Waals surface area (Å²) in [5.41, 5.74) is 3.33. The van der Waals surface area contributed by atoms with Gasteiger partial charge in [0.1, 0.15) is 0 Å². The zero-order valence-corrected chi connectivity index (χ0v) is 14.6. The van der Waals surface area contributed by atoms with Crippen LogP contribution in [0.4, 0.5) is 0 Å². The Labute approximate surface area is 149 Å². The van der Waals surface area contributed by atoms with Crippen LogP contribution in [0.15, 0.2) is 30.9 Å². The molecule has 2 unspecified atom stereocenters. The van der Waals surface area contributed by atoms with E-state index in [4.69, 9.17) is 0 Å². The second kappa shape index (κ2) is 8.33. The van der Waals surface area contributed by atoms with Gasteiger partial charge in [0.15, 0.2) is 0 Å². The van der Waals surface area contributed by atoms with Crippen molar-refractivity contribution in [3.63, 3.8) is 0 Å². The van der Waals surface area contributed by atoms with Crippen LogP contribution in [0.3, 0.4) is 0 Å². The molecule has 0 spiro atoms. The van der Waals surface area contributed by atoms with E-state index >= 15 is 0 Å². The van der Waals surface area contributed by atoms with Gasteiger partial charge in [0.05, 0.1) is 12.1 Å². The van der Waals surface area contributed by atoms with Crippen LogP contribution in [0.1, 0.15) is 29.5 Å². The predicted molar refractivity (Wildman–Crippen MR) is 99.1 cm³/mol. The number of fused-ring (bicyclic) bond motifs is 3. The average molecular weight is 338 g/mol. The lowest BCUT2D eigenvalue weighted by atomic mass is 9.81. The van der Waals surface area contributed by atoms with Crippen molar-refractivity contribution >= 4 is 6.41 Å². The van der Waals surface area contributed by atoms with E-state index in [0.717, 1.165) is 56.3 Å². The molecule has 25 heavy (non-hydrogen) atoms. The molecule has 3 aliphatic rings. The largest absolute Gasteiger partial charge is 0.390 e. The highest BCUT2D eigenvalue weighted by molar-refractivity contribution is 5.47. The summed E-state index contributed by atoms with van der Waals surface area (Å²) in [6.07, 6.45) is 6.02. The van der Waals surface area contributed by atoms with Crippen LogP contribution < -0.4 is 5.32 Å². The Bertz CT molecular complexity index is 679. The average Bonchev–Trinajstić information content (AvgIpc) is 2.64. The molecule has 4 nitrogen and oxygen atoms in total. The zero-order chi connectivity index (χ0) is 17.6. The molecule has 0 aliphatic carbocycles. The third kappa shape index (κ3) is 4.12. The topological polar surface area (TPSA) is 52.6 Å². The van der Waals surface area contributed by atoms with Gasteiger partial charge in [0.25, 0.3) is 0 Å². The van der Waals surface area contributed by atoms with Gasteiger partial charge in [-0.3, -0.25) is 9.69 Å². The molecule has 2 N–H and O–H groups in total. The van der Waals surface area contributed by atoms with Crippen molar-refractivity contribution in [1.29, 1.82) is 0 Å². The second-order valence-corrected chi connectivity index (χ2v) is 6.88. The Morgan fingerprint density at radius 3 is 2.84 bits per heavy atom. The van der Waals surface area contributed by atoms with Crippen molar-refractivity contribution in [1.82, 2.24) is 10.2 Å². The molecule has 3 saturated heterocycles. The number of aliphatic hydroxyl groups excluding tert-OH is 1. The lowest BCUT2D eigenvalue weighted by Crippen LogP contribution is -2.57. The van der Waals surface area contributed by atoms with E-state index in [1.807, 2.05) is 12.1 Å². The maximum atomic E-state index is 10.5. The van der Waals surface area contributed by atoms with Crippen LogP contribution in [0.2, 0.25) is 0 Å². The summed E-state index contributed by atoms with van der Waals surface area (Å²) in [6, 6.07) is 6.21. The van der Waals surface area contributed by atoms with Crippen molar-refractivity contribution < 1.29 is 9.90 Å². The summed E-state index contributed by atoms with van der Waals surface area (Å²) in [4.78, 5) is 12.7. The fourth-order valence-electron chi connectivity index (χ4n) is 3.87. The first-order chi connectivity index (χ1) is 12.2. The van der Waals surface area contributed by atoms with Gasteiger partial charge >= 0.3 is 0 Å². The Balaban J connectivity index is 1.77. The van der Waals surface area contributed by atoms with Gasteiger partial charge in [0, 0.05) is 12.1 Å². The third-order valence-corrected chi connectivity index (χ3v) is 5.30. The number of amides is 1. The number of hydrogen-bond donors (Lipinski definition) is 2. The van der Waals surface area contributed by atoms with E-state index in [-0.39, 0.29) is 12.1 Å². The number of rotatable bonds is 6. The Morgan fingerprint density at radius 2 is 2.16 bits per heavy atom. The van der Waals surface area contributed by atoms with Crippen LogP contribution in [0.5, 0.6) is 0 Å². The van der Waals surface area contributed by atoms with Crippen LogP contribution in [0.25, 0.3) is 0 Å². The number of piperidine rings is 3. The zero-order valence-electron chi connectivity index (χ0n) is 14.6. The van der Waals surface area contributed by atoms with Gasteiger partial charge in [-0.15, -0.1) is 6.58 Å². The van der Waals surface area contributed by atoms with E-state index in [0.29, 0.717) is 12.5 Å². The first-order valence-electron chi connectivity index (χ1n) is 9.06. The molecule has 4 rings (SSSR count). The van der Waals surface area contributed by atoms with Gasteiger partial charge in [-0.1, -0.05) is 30.0 Å². The van der Waals surface area contributed by atoms with E-state index in [9.17, 15) is 9.90 Å². The SMILES string of the molecule is C=CCc1cc(CCNC=O)ccc1C#CC1C(O)C2CCN1CC2. The molecule has 1 amide bonds. The molecule has 2 atom stereocenters. The molecular formula is C21H26N2O2. The van der Waals surface area contributed by atoms with Crippen molar-refractivity contribution in [2.24, 2.45) is 5.92 Å². The smallest absolute Gasteiger partial charge is 0.207 e. The fourth-order valence-corrected chi connectivity index (χ4v) is 3.87. The molecule has 0 aromatic heterocycles. The Hall–Kier alpha value is -2.09. The lowest BCUT2D eigenvalue weighted by molar-refractivity contribution is -0.109.